The molecule has 1 rings (SSSR count). The zero-order valence-corrected chi connectivity index (χ0v) is 9.34. The lowest BCUT2D eigenvalue weighted by atomic mass is 9.87. The van der Waals surface area contributed by atoms with Crippen molar-refractivity contribution < 1.29 is 0 Å². The Kier molecular flexibility index (Phi) is 3.74. The van der Waals surface area contributed by atoms with Gasteiger partial charge in [-0.2, -0.15) is 0 Å². The monoisotopic (exact) mass is 184 g/mol. The van der Waals surface area contributed by atoms with E-state index in [0.29, 0.717) is 5.41 Å². The molecule has 13 heavy (non-hydrogen) atoms. The molecule has 0 heterocycles. The van der Waals surface area contributed by atoms with Gasteiger partial charge in [-0.25, -0.2) is 0 Å². The second kappa shape index (κ2) is 4.43. The van der Waals surface area contributed by atoms with Crippen LogP contribution in [0, 0.1) is 5.41 Å². The van der Waals surface area contributed by atoms with Crippen molar-refractivity contribution in [3.8, 4) is 0 Å². The minimum Gasteiger partial charge on any atom is -0.330 e. The third-order valence-electron chi connectivity index (χ3n) is 3.39. The van der Waals surface area contributed by atoms with E-state index in [1.54, 1.807) is 0 Å². The summed E-state index contributed by atoms with van der Waals surface area (Å²) in [5.41, 5.74) is 6.01. The van der Waals surface area contributed by atoms with Crippen LogP contribution in [0.2, 0.25) is 0 Å². The van der Waals surface area contributed by atoms with Gasteiger partial charge in [-0.15, -0.1) is 0 Å². The van der Waals surface area contributed by atoms with Gasteiger partial charge in [-0.05, 0) is 44.8 Å². The van der Waals surface area contributed by atoms with E-state index in [-0.39, 0.29) is 0 Å². The molecule has 2 nitrogen and oxygen atoms in total. The molecular weight excluding hydrogens is 160 g/mol. The summed E-state index contributed by atoms with van der Waals surface area (Å²) in [6, 6.07) is 0.869. The Morgan fingerprint density at radius 3 is 2.38 bits per heavy atom. The number of nitrogens with two attached hydrogens (primary N) is 1. The maximum absolute atomic E-state index is 5.70. The van der Waals surface area contributed by atoms with Crippen molar-refractivity contribution in [1.29, 1.82) is 0 Å². The molecule has 2 heteroatoms. The first-order valence-corrected chi connectivity index (χ1v) is 5.45. The van der Waals surface area contributed by atoms with Gasteiger partial charge in [-0.1, -0.05) is 20.3 Å². The molecule has 0 aromatic rings. The number of rotatable bonds is 5. The summed E-state index contributed by atoms with van der Waals surface area (Å²) in [7, 11) is 2.25. The van der Waals surface area contributed by atoms with Gasteiger partial charge in [0.2, 0.25) is 0 Å². The molecule has 0 unspecified atom stereocenters. The van der Waals surface area contributed by atoms with Crippen LogP contribution in [0.15, 0.2) is 0 Å². The van der Waals surface area contributed by atoms with Crippen LogP contribution >= 0.6 is 0 Å². The molecule has 1 aliphatic rings. The largest absolute Gasteiger partial charge is 0.330 e. The maximum Gasteiger partial charge on any atom is 0.00922 e. The van der Waals surface area contributed by atoms with Gasteiger partial charge < -0.3 is 10.6 Å². The quantitative estimate of drug-likeness (QED) is 0.706. The van der Waals surface area contributed by atoms with Crippen molar-refractivity contribution >= 4 is 0 Å². The molecule has 0 spiro atoms. The zero-order chi connectivity index (χ0) is 9.90. The first kappa shape index (κ1) is 11.0. The van der Waals surface area contributed by atoms with Crippen molar-refractivity contribution in [1.82, 2.24) is 4.90 Å². The Bertz CT molecular complexity index is 150. The molecule has 2 N–H and O–H groups in total. The van der Waals surface area contributed by atoms with Crippen molar-refractivity contribution in [2.24, 2.45) is 11.1 Å². The van der Waals surface area contributed by atoms with Gasteiger partial charge in [0.1, 0.15) is 0 Å². The van der Waals surface area contributed by atoms with Crippen LogP contribution in [0.5, 0.6) is 0 Å². The van der Waals surface area contributed by atoms with Gasteiger partial charge in [0.05, 0.1) is 0 Å². The highest BCUT2D eigenvalue weighted by Gasteiger charge is 2.23. The van der Waals surface area contributed by atoms with E-state index in [1.807, 2.05) is 0 Å². The van der Waals surface area contributed by atoms with Crippen molar-refractivity contribution in [2.75, 3.05) is 20.1 Å². The highest BCUT2D eigenvalue weighted by atomic mass is 15.1. The molecule has 1 saturated carbocycles. The predicted molar refractivity (Wildman–Crippen MR) is 57.7 cm³/mol. The molecule has 78 valence electrons. The van der Waals surface area contributed by atoms with E-state index in [4.69, 9.17) is 5.73 Å². The SMILES string of the molecule is CN(CCC(C)(C)CN)C1CCC1. The van der Waals surface area contributed by atoms with Gasteiger partial charge in [0.25, 0.3) is 0 Å². The highest BCUT2D eigenvalue weighted by molar-refractivity contribution is 4.79. The van der Waals surface area contributed by atoms with Gasteiger partial charge in [0.15, 0.2) is 0 Å². The number of hydrogen-bond acceptors (Lipinski definition) is 2. The smallest absolute Gasteiger partial charge is 0.00922 e. The van der Waals surface area contributed by atoms with Crippen LogP contribution < -0.4 is 5.73 Å². The van der Waals surface area contributed by atoms with E-state index in [2.05, 4.69) is 25.8 Å². The second-order valence-electron chi connectivity index (χ2n) is 5.18. The Labute approximate surface area is 82.5 Å². The van der Waals surface area contributed by atoms with Crippen LogP contribution in [0.25, 0.3) is 0 Å². The van der Waals surface area contributed by atoms with Crippen molar-refractivity contribution in [3.05, 3.63) is 0 Å². The van der Waals surface area contributed by atoms with Crippen LogP contribution in [0.4, 0.5) is 0 Å². The van der Waals surface area contributed by atoms with E-state index in [9.17, 15) is 0 Å². The Morgan fingerprint density at radius 1 is 1.38 bits per heavy atom. The van der Waals surface area contributed by atoms with E-state index < -0.39 is 0 Å². The predicted octanol–water partition coefficient (Wildman–Crippen LogP) is 1.85. The molecule has 0 amide bonds. The number of nitrogens with zero attached hydrogens (tertiary/aromatic N) is 1. The topological polar surface area (TPSA) is 29.3 Å². The van der Waals surface area contributed by atoms with Crippen molar-refractivity contribution in [2.45, 2.75) is 45.6 Å². The molecule has 0 bridgehead atoms. The zero-order valence-electron chi connectivity index (χ0n) is 9.34. The molecule has 0 aliphatic heterocycles. The lowest BCUT2D eigenvalue weighted by Crippen LogP contribution is -2.39. The summed E-state index contributed by atoms with van der Waals surface area (Å²) in [5.74, 6) is 0. The van der Waals surface area contributed by atoms with E-state index in [0.717, 1.165) is 12.6 Å². The van der Waals surface area contributed by atoms with E-state index in [1.165, 1.54) is 32.2 Å². The summed E-state index contributed by atoms with van der Waals surface area (Å²) in [5, 5.41) is 0. The lowest BCUT2D eigenvalue weighted by Gasteiger charge is -2.36. The number of hydrogen-bond donors (Lipinski definition) is 1. The fourth-order valence-corrected chi connectivity index (χ4v) is 1.59. The summed E-state index contributed by atoms with van der Waals surface area (Å²) in [4.78, 5) is 2.50. The molecular formula is C11H24N2. The molecule has 0 aromatic heterocycles. The summed E-state index contributed by atoms with van der Waals surface area (Å²) in [6.07, 6.45) is 5.45. The summed E-state index contributed by atoms with van der Waals surface area (Å²) in [6.45, 7) is 6.50. The third-order valence-corrected chi connectivity index (χ3v) is 3.39. The minimum atomic E-state index is 0.317. The van der Waals surface area contributed by atoms with E-state index >= 15 is 0 Å². The second-order valence-corrected chi connectivity index (χ2v) is 5.18. The molecule has 1 aliphatic carbocycles. The van der Waals surface area contributed by atoms with Gasteiger partial charge >= 0.3 is 0 Å². The van der Waals surface area contributed by atoms with Crippen LogP contribution in [0.1, 0.15) is 39.5 Å². The average molecular weight is 184 g/mol. The Morgan fingerprint density at radius 2 is 2.00 bits per heavy atom. The van der Waals surface area contributed by atoms with Crippen LogP contribution in [-0.4, -0.2) is 31.1 Å². The van der Waals surface area contributed by atoms with Gasteiger partial charge in [0, 0.05) is 6.04 Å². The lowest BCUT2D eigenvalue weighted by molar-refractivity contribution is 0.140. The van der Waals surface area contributed by atoms with Crippen LogP contribution in [0.3, 0.4) is 0 Å². The van der Waals surface area contributed by atoms with Crippen LogP contribution in [-0.2, 0) is 0 Å². The summed E-state index contributed by atoms with van der Waals surface area (Å²) < 4.78 is 0. The highest BCUT2D eigenvalue weighted by Crippen LogP contribution is 2.25. The average Bonchev–Trinajstić information content (AvgIpc) is 1.98. The standard InChI is InChI=1S/C11H24N2/c1-11(2,9-12)7-8-13(3)10-5-4-6-10/h10H,4-9,12H2,1-3H3. The van der Waals surface area contributed by atoms with Gasteiger partial charge in [-0.3, -0.25) is 0 Å². The first-order chi connectivity index (χ1) is 6.05. The molecule has 0 aromatic carbocycles. The normalized spacial score (nSPS) is 19.2. The Balaban J connectivity index is 2.17. The third kappa shape index (κ3) is 3.28. The maximum atomic E-state index is 5.70. The molecule has 0 saturated heterocycles. The first-order valence-electron chi connectivity index (χ1n) is 5.45. The fraction of sp³-hybridized carbons (Fsp3) is 1.00. The molecule has 0 atom stereocenters. The molecule has 0 radical (unpaired) electrons. The molecule has 1 fully saturated rings. The fourth-order valence-electron chi connectivity index (χ4n) is 1.59. The Hall–Kier alpha value is -0.0800. The van der Waals surface area contributed by atoms with Crippen molar-refractivity contribution in [3.63, 3.8) is 0 Å². The summed E-state index contributed by atoms with van der Waals surface area (Å²) >= 11 is 0. The minimum absolute atomic E-state index is 0.317.